The molecule has 0 saturated heterocycles. The Balaban J connectivity index is 1.92. The maximum atomic E-state index is 11.9. The molecule has 0 bridgehead atoms. The maximum absolute atomic E-state index is 11.9. The van der Waals surface area contributed by atoms with Gasteiger partial charge in [-0.15, -0.1) is 0 Å². The highest BCUT2D eigenvalue weighted by molar-refractivity contribution is 7.89. The highest BCUT2D eigenvalue weighted by atomic mass is 32.2. The van der Waals surface area contributed by atoms with Gasteiger partial charge in [-0.2, -0.15) is 0 Å². The second-order valence-corrected chi connectivity index (χ2v) is 6.71. The maximum Gasteiger partial charge on any atom is 0.338 e. The minimum Gasteiger partial charge on any atom is -0.495 e. The van der Waals surface area contributed by atoms with E-state index in [9.17, 15) is 18.0 Å². The monoisotopic (exact) mass is 379 g/mol. The van der Waals surface area contributed by atoms with Gasteiger partial charge >= 0.3 is 5.97 Å². The molecule has 5 N–H and O–H groups in total. The number of esters is 1. The molecule has 0 spiro atoms. The molecule has 0 aliphatic rings. The van der Waals surface area contributed by atoms with E-state index in [0.717, 1.165) is 0 Å². The third-order valence-corrected chi connectivity index (χ3v) is 4.20. The third-order valence-electron chi connectivity index (χ3n) is 3.27. The topological polar surface area (TPSA) is 151 Å². The molecular formula is C16H17N3O6S. The summed E-state index contributed by atoms with van der Waals surface area (Å²) < 4.78 is 32.2. The van der Waals surface area contributed by atoms with E-state index in [4.69, 9.17) is 20.3 Å². The fourth-order valence-corrected chi connectivity index (χ4v) is 2.52. The summed E-state index contributed by atoms with van der Waals surface area (Å²) in [5.41, 5.74) is 6.47. The van der Waals surface area contributed by atoms with E-state index < -0.39 is 28.5 Å². The normalized spacial score (nSPS) is 10.8. The zero-order chi connectivity index (χ0) is 19.3. The molecule has 2 rings (SSSR count). The van der Waals surface area contributed by atoms with Crippen LogP contribution in [0.4, 0.5) is 11.4 Å². The number of rotatable bonds is 6. The number of ether oxygens (including phenoxy) is 2. The van der Waals surface area contributed by atoms with E-state index in [2.05, 4.69) is 5.32 Å². The Morgan fingerprint density at radius 3 is 2.31 bits per heavy atom. The molecule has 0 aromatic heterocycles. The van der Waals surface area contributed by atoms with Crippen molar-refractivity contribution in [2.45, 2.75) is 4.90 Å². The van der Waals surface area contributed by atoms with Crippen molar-refractivity contribution in [1.29, 1.82) is 0 Å². The van der Waals surface area contributed by atoms with Crippen molar-refractivity contribution < 1.29 is 27.5 Å². The van der Waals surface area contributed by atoms with Crippen LogP contribution in [0.15, 0.2) is 47.4 Å². The summed E-state index contributed by atoms with van der Waals surface area (Å²) in [5, 5.41) is 7.44. The van der Waals surface area contributed by atoms with Crippen molar-refractivity contribution in [2.75, 3.05) is 24.8 Å². The number of nitrogens with one attached hydrogen (secondary N) is 1. The second-order valence-electron chi connectivity index (χ2n) is 5.15. The molecule has 2 aromatic rings. The molecule has 26 heavy (non-hydrogen) atoms. The van der Waals surface area contributed by atoms with Crippen LogP contribution >= 0.6 is 0 Å². The standard InChI is InChI=1S/C16H17N3O6S/c1-24-14-7-2-10(8-13(14)17)16(21)25-9-15(20)19-11-3-5-12(6-4-11)26(18,22)23/h2-8H,9,17H2,1H3,(H,19,20)(H2,18,22,23). The Labute approximate surface area is 149 Å². The number of nitrogen functional groups attached to an aromatic ring is 1. The van der Waals surface area contributed by atoms with Gasteiger partial charge in [0.25, 0.3) is 5.91 Å². The van der Waals surface area contributed by atoms with Crippen molar-refractivity contribution in [3.8, 4) is 5.75 Å². The predicted molar refractivity (Wildman–Crippen MR) is 94.1 cm³/mol. The van der Waals surface area contributed by atoms with Crippen LogP contribution < -0.4 is 20.9 Å². The Morgan fingerprint density at radius 2 is 1.77 bits per heavy atom. The van der Waals surface area contributed by atoms with Crippen molar-refractivity contribution in [3.63, 3.8) is 0 Å². The summed E-state index contributed by atoms with van der Waals surface area (Å²) in [4.78, 5) is 23.7. The third kappa shape index (κ3) is 4.94. The number of nitrogens with two attached hydrogens (primary N) is 2. The average molecular weight is 379 g/mol. The van der Waals surface area contributed by atoms with Gasteiger partial charge in [-0.3, -0.25) is 4.79 Å². The molecule has 0 aliphatic heterocycles. The first-order valence-corrected chi connectivity index (χ1v) is 8.78. The van der Waals surface area contributed by atoms with Crippen LogP contribution in [0.5, 0.6) is 5.75 Å². The molecule has 0 aliphatic carbocycles. The lowest BCUT2D eigenvalue weighted by molar-refractivity contribution is -0.119. The Morgan fingerprint density at radius 1 is 1.12 bits per heavy atom. The van der Waals surface area contributed by atoms with E-state index in [0.29, 0.717) is 11.4 Å². The smallest absolute Gasteiger partial charge is 0.338 e. The molecule has 0 saturated carbocycles. The van der Waals surface area contributed by atoms with Gasteiger partial charge in [0.1, 0.15) is 5.75 Å². The lowest BCUT2D eigenvalue weighted by Crippen LogP contribution is -2.21. The van der Waals surface area contributed by atoms with E-state index in [1.54, 1.807) is 0 Å². The van der Waals surface area contributed by atoms with Gasteiger partial charge in [0.2, 0.25) is 10.0 Å². The molecule has 0 atom stereocenters. The van der Waals surface area contributed by atoms with E-state index >= 15 is 0 Å². The average Bonchev–Trinajstić information content (AvgIpc) is 2.59. The summed E-state index contributed by atoms with van der Waals surface area (Å²) in [6.45, 7) is -0.526. The van der Waals surface area contributed by atoms with Crippen LogP contribution in [0.25, 0.3) is 0 Å². The number of amides is 1. The molecule has 2 aromatic carbocycles. The van der Waals surface area contributed by atoms with E-state index in [1.807, 2.05) is 0 Å². The van der Waals surface area contributed by atoms with Crippen molar-refractivity contribution in [1.82, 2.24) is 0 Å². The molecule has 9 nitrogen and oxygen atoms in total. The largest absolute Gasteiger partial charge is 0.495 e. The van der Waals surface area contributed by atoms with Gasteiger partial charge in [-0.05, 0) is 42.5 Å². The van der Waals surface area contributed by atoms with Crippen molar-refractivity contribution in [2.24, 2.45) is 5.14 Å². The van der Waals surface area contributed by atoms with Crippen molar-refractivity contribution in [3.05, 3.63) is 48.0 Å². The van der Waals surface area contributed by atoms with Gasteiger partial charge in [-0.1, -0.05) is 0 Å². The van der Waals surface area contributed by atoms with Crippen LogP contribution in [0, 0.1) is 0 Å². The number of hydrogen-bond acceptors (Lipinski definition) is 7. The highest BCUT2D eigenvalue weighted by Crippen LogP contribution is 2.22. The number of benzene rings is 2. The molecule has 0 unspecified atom stereocenters. The molecule has 10 heteroatoms. The Bertz CT molecular complexity index is 926. The summed E-state index contributed by atoms with van der Waals surface area (Å²) in [6, 6.07) is 9.58. The minimum absolute atomic E-state index is 0.0842. The zero-order valence-corrected chi connectivity index (χ0v) is 14.6. The predicted octanol–water partition coefficient (Wildman–Crippen LogP) is 0.720. The van der Waals surface area contributed by atoms with E-state index in [1.165, 1.54) is 49.6 Å². The number of carbonyl (C=O) groups is 2. The van der Waals surface area contributed by atoms with Gasteiger partial charge in [-0.25, -0.2) is 18.4 Å². The Hall–Kier alpha value is -3.11. The van der Waals surface area contributed by atoms with Crippen LogP contribution in [0.1, 0.15) is 10.4 Å². The first-order chi connectivity index (χ1) is 12.2. The lowest BCUT2D eigenvalue weighted by atomic mass is 10.2. The fourth-order valence-electron chi connectivity index (χ4n) is 2.00. The minimum atomic E-state index is -3.81. The first-order valence-electron chi connectivity index (χ1n) is 7.24. The molecule has 0 radical (unpaired) electrons. The van der Waals surface area contributed by atoms with Crippen molar-refractivity contribution >= 4 is 33.3 Å². The molecule has 0 fully saturated rings. The van der Waals surface area contributed by atoms with Crippen LogP contribution in [0.2, 0.25) is 0 Å². The van der Waals surface area contributed by atoms with Crippen LogP contribution in [-0.2, 0) is 19.6 Å². The summed E-state index contributed by atoms with van der Waals surface area (Å²) in [7, 11) is -2.36. The fraction of sp³-hybridized carbons (Fsp3) is 0.125. The van der Waals surface area contributed by atoms with Crippen LogP contribution in [0.3, 0.4) is 0 Å². The molecule has 138 valence electrons. The molecule has 0 heterocycles. The quantitative estimate of drug-likeness (QED) is 0.494. The summed E-state index contributed by atoms with van der Waals surface area (Å²) in [5.74, 6) is -0.899. The second kappa shape index (κ2) is 7.85. The van der Waals surface area contributed by atoms with Gasteiger partial charge in [0, 0.05) is 5.69 Å². The number of carbonyl (C=O) groups excluding carboxylic acids is 2. The zero-order valence-electron chi connectivity index (χ0n) is 13.8. The van der Waals surface area contributed by atoms with E-state index in [-0.39, 0.29) is 16.1 Å². The summed E-state index contributed by atoms with van der Waals surface area (Å²) >= 11 is 0. The van der Waals surface area contributed by atoms with Gasteiger partial charge in [0.15, 0.2) is 6.61 Å². The number of hydrogen-bond donors (Lipinski definition) is 3. The SMILES string of the molecule is COc1ccc(C(=O)OCC(=O)Nc2ccc(S(N)(=O)=O)cc2)cc1N. The number of methoxy groups -OCH3 is 1. The first kappa shape index (κ1) is 19.2. The van der Waals surface area contributed by atoms with Gasteiger partial charge < -0.3 is 20.5 Å². The number of anilines is 2. The van der Waals surface area contributed by atoms with Crippen LogP contribution in [-0.4, -0.2) is 34.0 Å². The van der Waals surface area contributed by atoms with Gasteiger partial charge in [0.05, 0.1) is 23.3 Å². The highest BCUT2D eigenvalue weighted by Gasteiger charge is 2.13. The molecular weight excluding hydrogens is 362 g/mol. The lowest BCUT2D eigenvalue weighted by Gasteiger charge is -2.09. The Kier molecular flexibility index (Phi) is 5.80. The summed E-state index contributed by atoms with van der Waals surface area (Å²) in [6.07, 6.45) is 0. The molecule has 1 amide bonds. The number of primary sulfonamides is 1. The number of sulfonamides is 1.